The predicted octanol–water partition coefficient (Wildman–Crippen LogP) is 3.23. The summed E-state index contributed by atoms with van der Waals surface area (Å²) in [6, 6.07) is 5.08. The van der Waals surface area contributed by atoms with Gasteiger partial charge in [-0.25, -0.2) is 0 Å². The summed E-state index contributed by atoms with van der Waals surface area (Å²) < 4.78 is 50.7. The molecular formula is C18H21F3N2O4. The number of aryl methyl sites for hydroxylation is 1. The molecule has 1 amide bonds. The molecule has 2 aliphatic heterocycles. The van der Waals surface area contributed by atoms with Crippen LogP contribution in [0.25, 0.3) is 0 Å². The summed E-state index contributed by atoms with van der Waals surface area (Å²) >= 11 is 0. The Labute approximate surface area is 154 Å². The van der Waals surface area contributed by atoms with Crippen LogP contribution in [0.4, 0.5) is 13.2 Å². The lowest BCUT2D eigenvalue weighted by Crippen LogP contribution is -2.56. The Morgan fingerprint density at radius 2 is 2.04 bits per heavy atom. The fourth-order valence-corrected chi connectivity index (χ4v) is 3.14. The molecule has 0 spiro atoms. The first-order valence-electron chi connectivity index (χ1n) is 8.67. The highest BCUT2D eigenvalue weighted by Gasteiger charge is 2.62. The molecule has 0 radical (unpaired) electrons. The van der Waals surface area contributed by atoms with E-state index in [1.807, 2.05) is 13.8 Å². The number of aliphatic hydroxyl groups is 1. The smallest absolute Gasteiger partial charge is 0.438 e. The highest BCUT2D eigenvalue weighted by molar-refractivity contribution is 5.91. The van der Waals surface area contributed by atoms with Crippen LogP contribution in [0.3, 0.4) is 0 Å². The maximum atomic E-state index is 13.4. The van der Waals surface area contributed by atoms with Crippen LogP contribution in [0.1, 0.15) is 38.7 Å². The number of halogens is 3. The average Bonchev–Trinajstić information content (AvgIpc) is 3.15. The molecule has 9 heteroatoms. The van der Waals surface area contributed by atoms with Crippen LogP contribution < -0.4 is 9.47 Å². The fourth-order valence-electron chi connectivity index (χ4n) is 3.14. The lowest BCUT2D eigenvalue weighted by Gasteiger charge is -2.32. The fraction of sp³-hybridized carbons (Fsp3) is 0.556. The minimum atomic E-state index is -5.00. The molecule has 27 heavy (non-hydrogen) atoms. The number of ether oxygens (including phenoxy) is 2. The lowest BCUT2D eigenvalue weighted by atomic mass is 9.99. The first-order chi connectivity index (χ1) is 12.6. The third-order valence-corrected chi connectivity index (χ3v) is 4.44. The second-order valence-corrected chi connectivity index (χ2v) is 7.15. The van der Waals surface area contributed by atoms with Gasteiger partial charge in [0.05, 0.1) is 0 Å². The molecular weight excluding hydrogens is 365 g/mol. The van der Waals surface area contributed by atoms with E-state index in [0.717, 1.165) is 0 Å². The predicted molar refractivity (Wildman–Crippen MR) is 90.2 cm³/mol. The summed E-state index contributed by atoms with van der Waals surface area (Å²) in [6.45, 7) is 3.77. The number of hydrogen-bond donors (Lipinski definition) is 1. The molecule has 0 saturated carbocycles. The zero-order chi connectivity index (χ0) is 19.8. The van der Waals surface area contributed by atoms with Crippen LogP contribution in [-0.4, -0.2) is 40.4 Å². The number of alkyl halides is 3. The normalized spacial score (nSPS) is 21.7. The van der Waals surface area contributed by atoms with E-state index >= 15 is 0 Å². The number of carbonyl (C=O) groups excluding carboxylic acids is 1. The van der Waals surface area contributed by atoms with Crippen LogP contribution in [0.15, 0.2) is 23.3 Å². The first kappa shape index (κ1) is 19.5. The molecule has 2 aliphatic rings. The quantitative estimate of drug-likeness (QED) is 0.844. The average molecular weight is 386 g/mol. The van der Waals surface area contributed by atoms with Gasteiger partial charge in [0.25, 0.3) is 5.72 Å². The summed E-state index contributed by atoms with van der Waals surface area (Å²) in [5, 5.41) is 14.2. The van der Waals surface area contributed by atoms with Gasteiger partial charge in [0, 0.05) is 18.6 Å². The van der Waals surface area contributed by atoms with Crippen molar-refractivity contribution in [3.05, 3.63) is 23.8 Å². The Morgan fingerprint density at radius 3 is 2.70 bits per heavy atom. The van der Waals surface area contributed by atoms with Gasteiger partial charge in [-0.2, -0.15) is 23.3 Å². The van der Waals surface area contributed by atoms with Crippen LogP contribution in [0.5, 0.6) is 11.5 Å². The number of carbonyl (C=O) groups is 1. The van der Waals surface area contributed by atoms with Crippen molar-refractivity contribution in [2.45, 2.75) is 51.4 Å². The van der Waals surface area contributed by atoms with Crippen LogP contribution in [0.2, 0.25) is 0 Å². The van der Waals surface area contributed by atoms with Crippen molar-refractivity contribution in [3.63, 3.8) is 0 Å². The Morgan fingerprint density at radius 1 is 1.33 bits per heavy atom. The molecule has 0 unspecified atom stereocenters. The Balaban J connectivity index is 1.73. The number of benzene rings is 1. The molecule has 6 nitrogen and oxygen atoms in total. The Hall–Kier alpha value is -2.29. The maximum Gasteiger partial charge on any atom is 0.438 e. The van der Waals surface area contributed by atoms with E-state index in [0.29, 0.717) is 17.1 Å². The monoisotopic (exact) mass is 386 g/mol. The van der Waals surface area contributed by atoms with Crippen molar-refractivity contribution in [2.24, 2.45) is 11.0 Å². The summed E-state index contributed by atoms with van der Waals surface area (Å²) in [6.07, 6.45) is -5.47. The van der Waals surface area contributed by atoms with Gasteiger partial charge in [0.15, 0.2) is 11.5 Å². The van der Waals surface area contributed by atoms with Gasteiger partial charge >= 0.3 is 6.18 Å². The highest BCUT2D eigenvalue weighted by Crippen LogP contribution is 2.41. The Bertz CT molecular complexity index is 763. The second kappa shape index (κ2) is 7.03. The molecule has 0 aromatic heterocycles. The van der Waals surface area contributed by atoms with Gasteiger partial charge in [0.2, 0.25) is 12.7 Å². The molecule has 0 fully saturated rings. The zero-order valence-corrected chi connectivity index (χ0v) is 15.0. The van der Waals surface area contributed by atoms with E-state index in [9.17, 15) is 23.1 Å². The lowest BCUT2D eigenvalue weighted by molar-refractivity contribution is -0.302. The molecule has 0 saturated heterocycles. The third kappa shape index (κ3) is 3.87. The number of fused-ring (bicyclic) bond motifs is 1. The number of hydrazone groups is 1. The molecule has 1 N–H and O–H groups in total. The zero-order valence-electron chi connectivity index (χ0n) is 15.0. The molecule has 148 valence electrons. The largest absolute Gasteiger partial charge is 0.454 e. The molecule has 1 aromatic rings. The van der Waals surface area contributed by atoms with E-state index in [-0.39, 0.29) is 42.7 Å². The summed E-state index contributed by atoms with van der Waals surface area (Å²) in [7, 11) is 0. The standard InChI is InChI=1S/C18H21F3N2O4/c1-11(2)7-13-9-17(25,18(19,20)21)23(22-13)16(24)6-4-12-3-5-14-15(8-12)27-10-26-14/h3,5,8,11,25H,4,6-7,9-10H2,1-2H3/t17-/m0/s1. The van der Waals surface area contributed by atoms with Gasteiger partial charge < -0.3 is 14.6 Å². The molecule has 1 atom stereocenters. The number of nitrogens with zero attached hydrogens (tertiary/aromatic N) is 2. The van der Waals surface area contributed by atoms with E-state index in [4.69, 9.17) is 9.47 Å². The molecule has 1 aromatic carbocycles. The van der Waals surface area contributed by atoms with E-state index in [1.165, 1.54) is 0 Å². The Kier molecular flexibility index (Phi) is 5.07. The van der Waals surface area contributed by atoms with Crippen molar-refractivity contribution in [2.75, 3.05) is 6.79 Å². The molecule has 3 rings (SSSR count). The highest BCUT2D eigenvalue weighted by atomic mass is 19.4. The third-order valence-electron chi connectivity index (χ3n) is 4.44. The number of hydrogen-bond acceptors (Lipinski definition) is 5. The van der Waals surface area contributed by atoms with Crippen molar-refractivity contribution < 1.29 is 32.5 Å². The number of rotatable bonds is 5. The number of amides is 1. The van der Waals surface area contributed by atoms with Crippen LogP contribution >= 0.6 is 0 Å². The maximum absolute atomic E-state index is 13.4. The summed E-state index contributed by atoms with van der Waals surface area (Å²) in [5.74, 6) is 0.292. The summed E-state index contributed by atoms with van der Waals surface area (Å²) in [5.41, 5.74) is -2.40. The van der Waals surface area contributed by atoms with Crippen molar-refractivity contribution in [1.29, 1.82) is 0 Å². The van der Waals surface area contributed by atoms with Gasteiger partial charge in [-0.1, -0.05) is 19.9 Å². The van der Waals surface area contributed by atoms with Gasteiger partial charge in [-0.05, 0) is 36.5 Å². The second-order valence-electron chi connectivity index (χ2n) is 7.15. The van der Waals surface area contributed by atoms with Crippen molar-refractivity contribution in [1.82, 2.24) is 5.01 Å². The van der Waals surface area contributed by atoms with Crippen LogP contribution in [-0.2, 0) is 11.2 Å². The van der Waals surface area contributed by atoms with Gasteiger partial charge in [-0.3, -0.25) is 4.79 Å². The SMILES string of the molecule is CC(C)CC1=NN(C(=O)CCc2ccc3c(c2)OCO3)[C@@](O)(C(F)(F)F)C1. The minimum absolute atomic E-state index is 0.0601. The van der Waals surface area contributed by atoms with Crippen molar-refractivity contribution in [3.8, 4) is 11.5 Å². The van der Waals surface area contributed by atoms with E-state index in [2.05, 4.69) is 5.10 Å². The van der Waals surface area contributed by atoms with Crippen LogP contribution in [0, 0.1) is 5.92 Å². The minimum Gasteiger partial charge on any atom is -0.454 e. The topological polar surface area (TPSA) is 71.4 Å². The first-order valence-corrected chi connectivity index (χ1v) is 8.67. The molecule has 0 bridgehead atoms. The molecule has 2 heterocycles. The molecule has 0 aliphatic carbocycles. The van der Waals surface area contributed by atoms with Gasteiger partial charge in [-0.15, -0.1) is 0 Å². The van der Waals surface area contributed by atoms with E-state index in [1.54, 1.807) is 18.2 Å². The summed E-state index contributed by atoms with van der Waals surface area (Å²) in [4.78, 5) is 12.4. The van der Waals surface area contributed by atoms with Crippen molar-refractivity contribution >= 4 is 11.6 Å². The van der Waals surface area contributed by atoms with E-state index < -0.39 is 24.2 Å². The van der Waals surface area contributed by atoms with Gasteiger partial charge in [0.1, 0.15) is 0 Å².